The molecule has 0 saturated heterocycles. The van der Waals surface area contributed by atoms with E-state index in [-0.39, 0.29) is 13.2 Å². The van der Waals surface area contributed by atoms with E-state index < -0.39 is 0 Å². The SMILES string of the molecule is OCCCc1c(CCCO)c(-c2ccccc2)c(-c2ccccc2)c2c1-c1ccccc1C2. The Bertz CT molecular complexity index is 1240. The van der Waals surface area contributed by atoms with Crippen LogP contribution >= 0.6 is 0 Å². The molecule has 0 bridgehead atoms. The second-order valence-corrected chi connectivity index (χ2v) is 8.78. The van der Waals surface area contributed by atoms with E-state index in [9.17, 15) is 10.2 Å². The van der Waals surface area contributed by atoms with Gasteiger partial charge < -0.3 is 10.2 Å². The van der Waals surface area contributed by atoms with Crippen LogP contribution in [0, 0.1) is 0 Å². The zero-order valence-corrected chi connectivity index (χ0v) is 18.9. The Hall–Kier alpha value is -3.20. The van der Waals surface area contributed by atoms with Crippen LogP contribution in [0.3, 0.4) is 0 Å². The topological polar surface area (TPSA) is 40.5 Å². The molecule has 0 unspecified atom stereocenters. The summed E-state index contributed by atoms with van der Waals surface area (Å²) in [4.78, 5) is 0. The van der Waals surface area contributed by atoms with Gasteiger partial charge in [0.05, 0.1) is 0 Å². The van der Waals surface area contributed by atoms with Crippen LogP contribution in [-0.4, -0.2) is 23.4 Å². The van der Waals surface area contributed by atoms with Crippen molar-refractivity contribution in [2.75, 3.05) is 13.2 Å². The minimum Gasteiger partial charge on any atom is -0.396 e. The number of fused-ring (bicyclic) bond motifs is 3. The lowest BCUT2D eigenvalue weighted by Gasteiger charge is -2.25. The summed E-state index contributed by atoms with van der Waals surface area (Å²) in [6.45, 7) is 0.346. The van der Waals surface area contributed by atoms with Gasteiger partial charge >= 0.3 is 0 Å². The monoisotopic (exact) mass is 434 g/mol. The fourth-order valence-electron chi connectivity index (χ4n) is 5.43. The average molecular weight is 435 g/mol. The molecule has 0 aliphatic heterocycles. The molecule has 4 aromatic carbocycles. The molecule has 1 aliphatic rings. The zero-order valence-electron chi connectivity index (χ0n) is 18.9. The highest BCUT2D eigenvalue weighted by molar-refractivity contribution is 5.97. The Labute approximate surface area is 196 Å². The Balaban J connectivity index is 1.91. The van der Waals surface area contributed by atoms with Crippen molar-refractivity contribution in [2.45, 2.75) is 32.1 Å². The van der Waals surface area contributed by atoms with Crippen LogP contribution in [0.5, 0.6) is 0 Å². The molecule has 0 saturated carbocycles. The molecule has 0 fully saturated rings. The van der Waals surface area contributed by atoms with Crippen molar-refractivity contribution < 1.29 is 10.2 Å². The van der Waals surface area contributed by atoms with E-state index >= 15 is 0 Å². The van der Waals surface area contributed by atoms with E-state index in [1.54, 1.807) is 0 Å². The molecule has 2 heteroatoms. The number of aliphatic hydroxyl groups excluding tert-OH is 2. The lowest BCUT2D eigenvalue weighted by molar-refractivity contribution is 0.286. The lowest BCUT2D eigenvalue weighted by Crippen LogP contribution is -2.07. The first-order valence-electron chi connectivity index (χ1n) is 11.9. The average Bonchev–Trinajstić information content (AvgIpc) is 3.26. The molecule has 33 heavy (non-hydrogen) atoms. The van der Waals surface area contributed by atoms with Crippen molar-refractivity contribution >= 4 is 0 Å². The van der Waals surface area contributed by atoms with Crippen LogP contribution in [-0.2, 0) is 19.3 Å². The summed E-state index contributed by atoms with van der Waals surface area (Å²) in [5.74, 6) is 0. The number of hydrogen-bond acceptors (Lipinski definition) is 2. The van der Waals surface area contributed by atoms with Gasteiger partial charge in [-0.3, -0.25) is 0 Å². The van der Waals surface area contributed by atoms with Gasteiger partial charge in [-0.2, -0.15) is 0 Å². The van der Waals surface area contributed by atoms with Crippen LogP contribution in [0.2, 0.25) is 0 Å². The highest BCUT2D eigenvalue weighted by Gasteiger charge is 2.30. The van der Waals surface area contributed by atoms with Crippen LogP contribution in [0.25, 0.3) is 33.4 Å². The third-order valence-corrected chi connectivity index (χ3v) is 6.77. The maximum atomic E-state index is 9.75. The molecule has 0 aromatic heterocycles. The van der Waals surface area contributed by atoms with E-state index in [0.29, 0.717) is 0 Å². The maximum absolute atomic E-state index is 9.75. The summed E-state index contributed by atoms with van der Waals surface area (Å²) in [6.07, 6.45) is 4.03. The highest BCUT2D eigenvalue weighted by Crippen LogP contribution is 2.50. The fraction of sp³-hybridized carbons (Fsp3) is 0.226. The van der Waals surface area contributed by atoms with Gasteiger partial charge in [0.25, 0.3) is 0 Å². The highest BCUT2D eigenvalue weighted by atomic mass is 16.3. The molecular formula is C31H30O2. The summed E-state index contributed by atoms with van der Waals surface area (Å²) in [7, 11) is 0. The fourth-order valence-corrected chi connectivity index (χ4v) is 5.43. The first-order chi connectivity index (χ1) is 16.3. The van der Waals surface area contributed by atoms with Crippen LogP contribution in [0.1, 0.15) is 35.1 Å². The molecule has 0 radical (unpaired) electrons. The van der Waals surface area contributed by atoms with Gasteiger partial charge in [-0.15, -0.1) is 0 Å². The van der Waals surface area contributed by atoms with Gasteiger partial charge in [-0.1, -0.05) is 84.9 Å². The van der Waals surface area contributed by atoms with E-state index in [1.165, 1.54) is 55.6 Å². The van der Waals surface area contributed by atoms with Crippen molar-refractivity contribution in [2.24, 2.45) is 0 Å². The molecule has 0 amide bonds. The molecule has 1 aliphatic carbocycles. The first kappa shape index (κ1) is 21.6. The Kier molecular flexibility index (Phi) is 6.39. The van der Waals surface area contributed by atoms with Gasteiger partial charge in [-0.25, -0.2) is 0 Å². The Morgan fingerprint density at radius 3 is 1.67 bits per heavy atom. The number of hydrogen-bond donors (Lipinski definition) is 2. The number of benzene rings is 4. The molecular weight excluding hydrogens is 404 g/mol. The van der Waals surface area contributed by atoms with Gasteiger partial charge in [0.15, 0.2) is 0 Å². The Morgan fingerprint density at radius 2 is 1.06 bits per heavy atom. The molecule has 2 N–H and O–H groups in total. The van der Waals surface area contributed by atoms with E-state index in [2.05, 4.69) is 84.9 Å². The number of rotatable bonds is 8. The molecule has 0 spiro atoms. The molecule has 0 atom stereocenters. The minimum atomic E-state index is 0.169. The van der Waals surface area contributed by atoms with Gasteiger partial charge in [0.1, 0.15) is 0 Å². The van der Waals surface area contributed by atoms with Crippen LogP contribution in [0.4, 0.5) is 0 Å². The summed E-state index contributed by atoms with van der Waals surface area (Å²) in [5.41, 5.74) is 13.1. The molecule has 166 valence electrons. The van der Waals surface area contributed by atoms with Gasteiger partial charge in [0, 0.05) is 13.2 Å². The quantitative estimate of drug-likeness (QED) is 0.295. The van der Waals surface area contributed by atoms with Gasteiger partial charge in [-0.05, 0) is 87.7 Å². The van der Waals surface area contributed by atoms with Crippen molar-refractivity contribution in [3.05, 3.63) is 107 Å². The van der Waals surface area contributed by atoms with E-state index in [1.807, 2.05) is 0 Å². The molecule has 4 aromatic rings. The largest absolute Gasteiger partial charge is 0.396 e. The van der Waals surface area contributed by atoms with Crippen LogP contribution in [0.15, 0.2) is 84.9 Å². The van der Waals surface area contributed by atoms with Gasteiger partial charge in [0.2, 0.25) is 0 Å². The van der Waals surface area contributed by atoms with Crippen molar-refractivity contribution in [3.8, 4) is 33.4 Å². The summed E-state index contributed by atoms with van der Waals surface area (Å²) in [6, 6.07) is 30.2. The Morgan fingerprint density at radius 1 is 0.545 bits per heavy atom. The lowest BCUT2D eigenvalue weighted by atomic mass is 9.79. The summed E-state index contributed by atoms with van der Waals surface area (Å²) in [5, 5.41) is 19.5. The molecule has 2 nitrogen and oxygen atoms in total. The van der Waals surface area contributed by atoms with Crippen molar-refractivity contribution in [3.63, 3.8) is 0 Å². The third kappa shape index (κ3) is 4.01. The predicted octanol–water partition coefficient (Wildman–Crippen LogP) is 6.44. The standard InChI is InChI=1S/C31H30O2/c32-19-9-17-26-27(18-10-20-33)31-25-16-8-7-15-24(25)21-28(31)30(23-13-5-2-6-14-23)29(26)22-11-3-1-4-12-22/h1-8,11-16,32-33H,9-10,17-21H2. The van der Waals surface area contributed by atoms with Crippen molar-refractivity contribution in [1.82, 2.24) is 0 Å². The third-order valence-electron chi connectivity index (χ3n) is 6.77. The second kappa shape index (κ2) is 9.74. The summed E-state index contributed by atoms with van der Waals surface area (Å²) >= 11 is 0. The maximum Gasteiger partial charge on any atom is 0.0434 e. The van der Waals surface area contributed by atoms with Crippen molar-refractivity contribution in [1.29, 1.82) is 0 Å². The van der Waals surface area contributed by atoms with E-state index in [0.717, 1.165) is 32.1 Å². The van der Waals surface area contributed by atoms with E-state index in [4.69, 9.17) is 0 Å². The molecule has 0 heterocycles. The zero-order chi connectivity index (χ0) is 22.6. The smallest absolute Gasteiger partial charge is 0.0434 e. The second-order valence-electron chi connectivity index (χ2n) is 8.78. The summed E-state index contributed by atoms with van der Waals surface area (Å²) < 4.78 is 0. The molecule has 5 rings (SSSR count). The predicted molar refractivity (Wildman–Crippen MR) is 136 cm³/mol. The normalized spacial score (nSPS) is 11.9. The minimum absolute atomic E-state index is 0.169. The first-order valence-corrected chi connectivity index (χ1v) is 11.9. The number of aliphatic hydroxyl groups is 2. The van der Waals surface area contributed by atoms with Crippen LogP contribution < -0.4 is 0 Å².